The molecule has 0 aliphatic heterocycles. The molecule has 20 heavy (non-hydrogen) atoms. The van der Waals surface area contributed by atoms with E-state index in [0.29, 0.717) is 17.7 Å². The predicted molar refractivity (Wildman–Crippen MR) is 75.0 cm³/mol. The fourth-order valence-corrected chi connectivity index (χ4v) is 2.12. The molecule has 7 nitrogen and oxygen atoms in total. The highest BCUT2D eigenvalue weighted by molar-refractivity contribution is 5.23. The van der Waals surface area contributed by atoms with Crippen molar-refractivity contribution in [3.05, 3.63) is 44.0 Å². The van der Waals surface area contributed by atoms with Gasteiger partial charge in [0.05, 0.1) is 5.69 Å². The third-order valence-electron chi connectivity index (χ3n) is 3.08. The van der Waals surface area contributed by atoms with Crippen molar-refractivity contribution in [3.63, 3.8) is 0 Å². The lowest BCUT2D eigenvalue weighted by Crippen LogP contribution is -2.29. The zero-order valence-electron chi connectivity index (χ0n) is 12.1. The summed E-state index contributed by atoms with van der Waals surface area (Å²) < 4.78 is 1.75. The van der Waals surface area contributed by atoms with E-state index in [2.05, 4.69) is 20.3 Å². The molecule has 0 saturated carbocycles. The number of nitrogens with one attached hydrogen (secondary N) is 2. The molecule has 108 valence electrons. The largest absolute Gasteiger partial charge is 0.325 e. The molecule has 0 radical (unpaired) electrons. The van der Waals surface area contributed by atoms with Crippen LogP contribution in [0.15, 0.2) is 15.8 Å². The van der Waals surface area contributed by atoms with Gasteiger partial charge in [-0.3, -0.25) is 9.78 Å². The van der Waals surface area contributed by atoms with Gasteiger partial charge in [-0.05, 0) is 19.8 Å². The molecular weight excluding hydrogens is 258 g/mol. The lowest BCUT2D eigenvalue weighted by atomic mass is 10.0. The van der Waals surface area contributed by atoms with Crippen molar-refractivity contribution in [3.8, 4) is 0 Å². The Balaban J connectivity index is 2.42. The average molecular weight is 277 g/mol. The molecule has 0 amide bonds. The summed E-state index contributed by atoms with van der Waals surface area (Å²) in [6.07, 6.45) is 2.22. The second-order valence-electron chi connectivity index (χ2n) is 5.42. The first-order valence-corrected chi connectivity index (χ1v) is 6.64. The van der Waals surface area contributed by atoms with Gasteiger partial charge in [-0.15, -0.1) is 5.10 Å². The molecule has 0 fully saturated rings. The minimum absolute atomic E-state index is 0.0192. The van der Waals surface area contributed by atoms with Gasteiger partial charge < -0.3 is 4.98 Å². The normalized spacial score (nSPS) is 11.5. The molecule has 0 aliphatic carbocycles. The number of aromatic amines is 2. The Labute approximate surface area is 116 Å². The van der Waals surface area contributed by atoms with E-state index in [9.17, 15) is 9.59 Å². The van der Waals surface area contributed by atoms with E-state index in [1.807, 2.05) is 33.9 Å². The average Bonchev–Trinajstić information content (AvgIpc) is 2.75. The molecule has 2 N–H and O–H groups in total. The van der Waals surface area contributed by atoms with Crippen molar-refractivity contribution in [2.75, 3.05) is 0 Å². The van der Waals surface area contributed by atoms with Gasteiger partial charge in [0, 0.05) is 29.9 Å². The Kier molecular flexibility index (Phi) is 3.87. The van der Waals surface area contributed by atoms with Gasteiger partial charge in [-0.2, -0.15) is 0 Å². The highest BCUT2D eigenvalue weighted by Crippen LogP contribution is 2.15. The van der Waals surface area contributed by atoms with Crippen molar-refractivity contribution in [1.82, 2.24) is 25.0 Å². The SMILES string of the molecule is CC(C)c1c(Cc2cn(C(C)C)nn2)[nH]c(=O)[nH]c1=O. The van der Waals surface area contributed by atoms with E-state index in [-0.39, 0.29) is 17.5 Å². The predicted octanol–water partition coefficient (Wildman–Crippen LogP) is 0.950. The van der Waals surface area contributed by atoms with Gasteiger partial charge in [0.1, 0.15) is 0 Å². The van der Waals surface area contributed by atoms with E-state index in [1.54, 1.807) is 4.68 Å². The molecule has 2 rings (SSSR count). The van der Waals surface area contributed by atoms with Crippen molar-refractivity contribution >= 4 is 0 Å². The van der Waals surface area contributed by atoms with Gasteiger partial charge in [-0.25, -0.2) is 9.48 Å². The fraction of sp³-hybridized carbons (Fsp3) is 0.538. The van der Waals surface area contributed by atoms with Crippen LogP contribution in [-0.2, 0) is 6.42 Å². The zero-order valence-corrected chi connectivity index (χ0v) is 12.1. The van der Waals surface area contributed by atoms with E-state index < -0.39 is 5.69 Å². The van der Waals surface area contributed by atoms with Crippen LogP contribution in [0.1, 0.15) is 56.6 Å². The van der Waals surface area contributed by atoms with Gasteiger partial charge in [0.25, 0.3) is 5.56 Å². The molecule has 2 aromatic rings. The summed E-state index contributed by atoms with van der Waals surface area (Å²) >= 11 is 0. The van der Waals surface area contributed by atoms with Crippen LogP contribution in [0.2, 0.25) is 0 Å². The van der Waals surface area contributed by atoms with Crippen molar-refractivity contribution in [1.29, 1.82) is 0 Å². The number of H-pyrrole nitrogens is 2. The first kappa shape index (κ1) is 14.2. The summed E-state index contributed by atoms with van der Waals surface area (Å²) in [6, 6.07) is 0.221. The van der Waals surface area contributed by atoms with Crippen LogP contribution in [0.25, 0.3) is 0 Å². The molecule has 7 heteroatoms. The van der Waals surface area contributed by atoms with Crippen molar-refractivity contribution < 1.29 is 0 Å². The maximum atomic E-state index is 11.9. The lowest BCUT2D eigenvalue weighted by molar-refractivity contribution is 0.514. The Morgan fingerprint density at radius 1 is 1.20 bits per heavy atom. The highest BCUT2D eigenvalue weighted by atomic mass is 16.2. The van der Waals surface area contributed by atoms with Gasteiger partial charge in [-0.1, -0.05) is 19.1 Å². The Morgan fingerprint density at radius 3 is 2.45 bits per heavy atom. The van der Waals surface area contributed by atoms with E-state index in [4.69, 9.17) is 0 Å². The topological polar surface area (TPSA) is 96.4 Å². The van der Waals surface area contributed by atoms with Crippen LogP contribution in [-0.4, -0.2) is 25.0 Å². The van der Waals surface area contributed by atoms with Crippen LogP contribution < -0.4 is 11.2 Å². The molecule has 0 aliphatic rings. The lowest BCUT2D eigenvalue weighted by Gasteiger charge is -2.09. The van der Waals surface area contributed by atoms with Gasteiger partial charge >= 0.3 is 5.69 Å². The molecular formula is C13H19N5O2. The maximum Gasteiger partial charge on any atom is 0.325 e. The molecule has 0 atom stereocenters. The fourth-order valence-electron chi connectivity index (χ4n) is 2.12. The smallest absolute Gasteiger partial charge is 0.311 e. The summed E-state index contributed by atoms with van der Waals surface area (Å²) in [4.78, 5) is 28.3. The standard InChI is InChI=1S/C13H19N5O2/c1-7(2)11-10(14-13(20)15-12(11)19)5-9-6-18(8(3)4)17-16-9/h6-8H,5H2,1-4H3,(H2,14,15,19,20). The second kappa shape index (κ2) is 5.44. The third-order valence-corrected chi connectivity index (χ3v) is 3.08. The van der Waals surface area contributed by atoms with Crippen molar-refractivity contribution in [2.24, 2.45) is 0 Å². The van der Waals surface area contributed by atoms with Crippen LogP contribution in [0.5, 0.6) is 0 Å². The second-order valence-corrected chi connectivity index (χ2v) is 5.42. The molecule has 0 spiro atoms. The number of hydrogen-bond donors (Lipinski definition) is 2. The summed E-state index contributed by atoms with van der Waals surface area (Å²) in [5.41, 5.74) is 1.08. The van der Waals surface area contributed by atoms with E-state index >= 15 is 0 Å². The number of rotatable bonds is 4. The van der Waals surface area contributed by atoms with Gasteiger partial charge in [0.15, 0.2) is 0 Å². The van der Waals surface area contributed by atoms with Crippen LogP contribution in [0, 0.1) is 0 Å². The van der Waals surface area contributed by atoms with Crippen molar-refractivity contribution in [2.45, 2.75) is 46.1 Å². The first-order valence-electron chi connectivity index (χ1n) is 6.64. The van der Waals surface area contributed by atoms with Crippen LogP contribution in [0.3, 0.4) is 0 Å². The summed E-state index contributed by atoms with van der Waals surface area (Å²) in [5.74, 6) is 0.0192. The van der Waals surface area contributed by atoms with Crippen LogP contribution >= 0.6 is 0 Å². The minimum Gasteiger partial charge on any atom is -0.311 e. The number of hydrogen-bond acceptors (Lipinski definition) is 4. The molecule has 0 saturated heterocycles. The Morgan fingerprint density at radius 2 is 1.90 bits per heavy atom. The number of nitrogens with zero attached hydrogens (tertiary/aromatic N) is 3. The van der Waals surface area contributed by atoms with Crippen LogP contribution in [0.4, 0.5) is 0 Å². The Hall–Kier alpha value is -2.18. The maximum absolute atomic E-state index is 11.9. The van der Waals surface area contributed by atoms with E-state index in [0.717, 1.165) is 5.69 Å². The molecule has 0 unspecified atom stereocenters. The summed E-state index contributed by atoms with van der Waals surface area (Å²) in [5, 5.41) is 8.09. The number of aromatic nitrogens is 5. The molecule has 0 bridgehead atoms. The zero-order chi connectivity index (χ0) is 14.9. The molecule has 0 aromatic carbocycles. The summed E-state index contributed by atoms with van der Waals surface area (Å²) in [7, 11) is 0. The highest BCUT2D eigenvalue weighted by Gasteiger charge is 2.15. The minimum atomic E-state index is -0.495. The van der Waals surface area contributed by atoms with E-state index in [1.165, 1.54) is 0 Å². The Bertz CT molecular complexity index is 708. The quantitative estimate of drug-likeness (QED) is 0.869. The third kappa shape index (κ3) is 2.87. The molecule has 2 heterocycles. The summed E-state index contributed by atoms with van der Waals surface area (Å²) in [6.45, 7) is 7.84. The van der Waals surface area contributed by atoms with Gasteiger partial charge in [0.2, 0.25) is 0 Å². The molecule has 2 aromatic heterocycles. The monoisotopic (exact) mass is 277 g/mol. The first-order chi connectivity index (χ1) is 9.38.